The Kier molecular flexibility index (Phi) is 4.74. The standard InChI is InChI=1S/C20H21ClN4O/c1-12(2)13-6-5-7-14(10-13)20(3,4)25-19(26)22-15-8-9-16-17(11-15)24-18(21)23-16/h5-11H,1H2,2-4H3,(H,23,24)(H2,22,25,26). The van der Waals surface area contributed by atoms with Gasteiger partial charge in [0.15, 0.2) is 0 Å². The molecule has 0 fully saturated rings. The van der Waals surface area contributed by atoms with Crippen LogP contribution in [0, 0.1) is 0 Å². The number of nitrogens with zero attached hydrogens (tertiary/aromatic N) is 1. The highest BCUT2D eigenvalue weighted by molar-refractivity contribution is 6.29. The zero-order chi connectivity index (χ0) is 18.9. The van der Waals surface area contributed by atoms with E-state index in [1.807, 2.05) is 45.0 Å². The summed E-state index contributed by atoms with van der Waals surface area (Å²) in [7, 11) is 0. The number of amides is 2. The molecule has 5 nitrogen and oxygen atoms in total. The molecule has 0 saturated carbocycles. The zero-order valence-corrected chi connectivity index (χ0v) is 15.7. The molecular weight excluding hydrogens is 348 g/mol. The Labute approximate surface area is 157 Å². The Balaban J connectivity index is 1.75. The number of aromatic nitrogens is 2. The molecule has 0 spiro atoms. The molecule has 0 aliphatic rings. The molecular formula is C20H21ClN4O. The zero-order valence-electron chi connectivity index (χ0n) is 15.0. The molecule has 3 rings (SSSR count). The van der Waals surface area contributed by atoms with Crippen molar-refractivity contribution < 1.29 is 4.79 Å². The summed E-state index contributed by atoms with van der Waals surface area (Å²) < 4.78 is 0. The molecule has 2 aromatic carbocycles. The fourth-order valence-electron chi connectivity index (χ4n) is 2.75. The monoisotopic (exact) mass is 368 g/mol. The highest BCUT2D eigenvalue weighted by Gasteiger charge is 2.23. The Morgan fingerprint density at radius 1 is 1.23 bits per heavy atom. The van der Waals surface area contributed by atoms with Crippen LogP contribution in [0.5, 0.6) is 0 Å². The van der Waals surface area contributed by atoms with Gasteiger partial charge in [0.05, 0.1) is 16.6 Å². The van der Waals surface area contributed by atoms with E-state index in [0.29, 0.717) is 11.0 Å². The van der Waals surface area contributed by atoms with Gasteiger partial charge < -0.3 is 15.6 Å². The Bertz CT molecular complexity index is 990. The molecule has 0 unspecified atom stereocenters. The number of halogens is 1. The van der Waals surface area contributed by atoms with Crippen molar-refractivity contribution in [3.63, 3.8) is 0 Å². The van der Waals surface area contributed by atoms with E-state index in [4.69, 9.17) is 11.6 Å². The smallest absolute Gasteiger partial charge is 0.319 e. The van der Waals surface area contributed by atoms with E-state index in [9.17, 15) is 4.79 Å². The van der Waals surface area contributed by atoms with Crippen LogP contribution in [0.25, 0.3) is 16.6 Å². The maximum Gasteiger partial charge on any atom is 0.319 e. The quantitative estimate of drug-likeness (QED) is 0.584. The van der Waals surface area contributed by atoms with Crippen LogP contribution in [-0.2, 0) is 5.54 Å². The van der Waals surface area contributed by atoms with Crippen LogP contribution in [0.15, 0.2) is 49.0 Å². The van der Waals surface area contributed by atoms with Gasteiger partial charge in [-0.3, -0.25) is 0 Å². The number of hydrogen-bond acceptors (Lipinski definition) is 2. The van der Waals surface area contributed by atoms with Gasteiger partial charge in [-0.25, -0.2) is 9.78 Å². The number of imidazole rings is 1. The van der Waals surface area contributed by atoms with Crippen LogP contribution < -0.4 is 10.6 Å². The average molecular weight is 369 g/mol. The fourth-order valence-corrected chi connectivity index (χ4v) is 2.94. The second kappa shape index (κ2) is 6.84. The number of urea groups is 1. The number of carbonyl (C=O) groups excluding carboxylic acids is 1. The summed E-state index contributed by atoms with van der Waals surface area (Å²) in [5.41, 5.74) is 4.67. The first-order valence-corrected chi connectivity index (χ1v) is 8.63. The van der Waals surface area contributed by atoms with Crippen molar-refractivity contribution in [1.29, 1.82) is 0 Å². The lowest BCUT2D eigenvalue weighted by atomic mass is 9.92. The predicted octanol–water partition coefficient (Wildman–Crippen LogP) is 5.31. The summed E-state index contributed by atoms with van der Waals surface area (Å²) >= 11 is 5.86. The fraction of sp³-hybridized carbons (Fsp3) is 0.200. The summed E-state index contributed by atoms with van der Waals surface area (Å²) in [4.78, 5) is 19.5. The van der Waals surface area contributed by atoms with E-state index in [1.165, 1.54) is 0 Å². The molecule has 26 heavy (non-hydrogen) atoms. The van der Waals surface area contributed by atoms with Gasteiger partial charge >= 0.3 is 6.03 Å². The van der Waals surface area contributed by atoms with Crippen molar-refractivity contribution in [1.82, 2.24) is 15.3 Å². The van der Waals surface area contributed by atoms with Gasteiger partial charge in [0, 0.05) is 5.69 Å². The third-order valence-electron chi connectivity index (χ3n) is 4.21. The number of nitrogens with one attached hydrogen (secondary N) is 3. The summed E-state index contributed by atoms with van der Waals surface area (Å²) in [5.74, 6) is 0. The topological polar surface area (TPSA) is 69.8 Å². The third-order valence-corrected chi connectivity index (χ3v) is 4.39. The van der Waals surface area contributed by atoms with Crippen molar-refractivity contribution in [3.8, 4) is 0 Å². The molecule has 1 heterocycles. The lowest BCUT2D eigenvalue weighted by Crippen LogP contribution is -2.43. The van der Waals surface area contributed by atoms with Gasteiger partial charge in [0.25, 0.3) is 0 Å². The van der Waals surface area contributed by atoms with Crippen molar-refractivity contribution in [2.24, 2.45) is 0 Å². The minimum absolute atomic E-state index is 0.291. The van der Waals surface area contributed by atoms with Crippen molar-refractivity contribution in [3.05, 3.63) is 65.5 Å². The summed E-state index contributed by atoms with van der Waals surface area (Å²) in [6, 6.07) is 13.1. The minimum atomic E-state index is -0.545. The normalized spacial score (nSPS) is 11.4. The summed E-state index contributed by atoms with van der Waals surface area (Å²) in [5, 5.41) is 6.18. The highest BCUT2D eigenvalue weighted by atomic mass is 35.5. The number of hydrogen-bond donors (Lipinski definition) is 3. The van der Waals surface area contributed by atoms with Crippen molar-refractivity contribution in [2.75, 3.05) is 5.32 Å². The lowest BCUT2D eigenvalue weighted by Gasteiger charge is -2.27. The molecule has 0 aliphatic carbocycles. The molecule has 3 aromatic rings. The molecule has 2 amide bonds. The molecule has 0 atom stereocenters. The van der Waals surface area contributed by atoms with E-state index < -0.39 is 5.54 Å². The lowest BCUT2D eigenvalue weighted by molar-refractivity contribution is 0.242. The first kappa shape index (κ1) is 18.0. The molecule has 0 bridgehead atoms. The first-order chi connectivity index (χ1) is 12.2. The number of benzene rings is 2. The van der Waals surface area contributed by atoms with Crippen LogP contribution in [0.4, 0.5) is 10.5 Å². The molecule has 6 heteroatoms. The molecule has 0 radical (unpaired) electrons. The van der Waals surface area contributed by atoms with Crippen molar-refractivity contribution in [2.45, 2.75) is 26.3 Å². The van der Waals surface area contributed by atoms with Crippen LogP contribution in [0.3, 0.4) is 0 Å². The SMILES string of the molecule is C=C(C)c1cccc(C(C)(C)NC(=O)Nc2ccc3nc(Cl)[nH]c3c2)c1. The Morgan fingerprint density at radius 2 is 2.00 bits per heavy atom. The van der Waals surface area contributed by atoms with Gasteiger partial charge in [-0.2, -0.15) is 0 Å². The van der Waals surface area contributed by atoms with Crippen LogP contribution >= 0.6 is 11.6 Å². The molecule has 0 saturated heterocycles. The summed E-state index contributed by atoms with van der Waals surface area (Å²) in [6.07, 6.45) is 0. The van der Waals surface area contributed by atoms with Gasteiger partial charge in [-0.1, -0.05) is 30.4 Å². The average Bonchev–Trinajstić information content (AvgIpc) is 2.93. The van der Waals surface area contributed by atoms with E-state index in [0.717, 1.165) is 27.7 Å². The number of rotatable bonds is 4. The second-order valence-electron chi connectivity index (χ2n) is 6.82. The van der Waals surface area contributed by atoms with E-state index >= 15 is 0 Å². The first-order valence-electron chi connectivity index (χ1n) is 8.25. The van der Waals surface area contributed by atoms with Gasteiger partial charge in [-0.05, 0) is 67.8 Å². The largest absolute Gasteiger partial charge is 0.329 e. The van der Waals surface area contributed by atoms with Crippen LogP contribution in [0.2, 0.25) is 5.28 Å². The van der Waals surface area contributed by atoms with Gasteiger partial charge in [0.2, 0.25) is 5.28 Å². The Morgan fingerprint density at radius 3 is 2.73 bits per heavy atom. The molecule has 0 aliphatic heterocycles. The predicted molar refractivity (Wildman–Crippen MR) is 107 cm³/mol. The number of anilines is 1. The minimum Gasteiger partial charge on any atom is -0.329 e. The van der Waals surface area contributed by atoms with Crippen molar-refractivity contribution >= 4 is 39.9 Å². The second-order valence-corrected chi connectivity index (χ2v) is 7.18. The number of H-pyrrole nitrogens is 1. The number of aromatic amines is 1. The maximum absolute atomic E-state index is 12.5. The third kappa shape index (κ3) is 3.89. The molecule has 134 valence electrons. The van der Waals surface area contributed by atoms with Gasteiger partial charge in [0.1, 0.15) is 0 Å². The number of fused-ring (bicyclic) bond motifs is 1. The number of carbonyl (C=O) groups is 1. The van der Waals surface area contributed by atoms with Gasteiger partial charge in [-0.15, -0.1) is 0 Å². The maximum atomic E-state index is 12.5. The number of allylic oxidation sites excluding steroid dienone is 1. The molecule has 3 N–H and O–H groups in total. The summed E-state index contributed by atoms with van der Waals surface area (Å²) in [6.45, 7) is 9.86. The van der Waals surface area contributed by atoms with E-state index in [1.54, 1.807) is 18.2 Å². The van der Waals surface area contributed by atoms with E-state index in [-0.39, 0.29) is 6.03 Å². The van der Waals surface area contributed by atoms with Crippen LogP contribution in [-0.4, -0.2) is 16.0 Å². The highest BCUT2D eigenvalue weighted by Crippen LogP contribution is 2.24. The van der Waals surface area contributed by atoms with Crippen LogP contribution in [0.1, 0.15) is 31.9 Å². The Hall–Kier alpha value is -2.79. The molecule has 1 aromatic heterocycles. The van der Waals surface area contributed by atoms with E-state index in [2.05, 4.69) is 27.2 Å².